The van der Waals surface area contributed by atoms with Crippen LogP contribution in [0.4, 0.5) is 0 Å². The van der Waals surface area contributed by atoms with Gasteiger partial charge in [0.25, 0.3) is 0 Å². The van der Waals surface area contributed by atoms with E-state index in [0.29, 0.717) is 6.61 Å². The van der Waals surface area contributed by atoms with Crippen molar-refractivity contribution in [2.45, 2.75) is 65.7 Å². The van der Waals surface area contributed by atoms with E-state index in [0.717, 1.165) is 31.3 Å². The highest BCUT2D eigenvalue weighted by Gasteiger charge is 2.08. The molecule has 94 valence electrons. The molecule has 0 aromatic carbocycles. The maximum atomic E-state index is 11.6. The van der Waals surface area contributed by atoms with Crippen LogP contribution in [0, 0.1) is 0 Å². The topological polar surface area (TPSA) is 26.3 Å². The van der Waals surface area contributed by atoms with E-state index in [9.17, 15) is 4.79 Å². The maximum absolute atomic E-state index is 11.6. The number of carbonyl (C=O) groups is 1. The second-order valence-corrected chi connectivity index (χ2v) is 4.11. The van der Waals surface area contributed by atoms with Gasteiger partial charge in [0, 0.05) is 5.57 Å². The highest BCUT2D eigenvalue weighted by molar-refractivity contribution is 5.88. The lowest BCUT2D eigenvalue weighted by molar-refractivity contribution is -0.139. The molecule has 2 heteroatoms. The average Bonchev–Trinajstić information content (AvgIpc) is 2.29. The quantitative estimate of drug-likeness (QED) is 0.334. The third-order valence-corrected chi connectivity index (χ3v) is 2.64. The molecule has 0 radical (unpaired) electrons. The maximum Gasteiger partial charge on any atom is 0.333 e. The van der Waals surface area contributed by atoms with Crippen LogP contribution in [0.1, 0.15) is 65.7 Å². The Balaban J connectivity index is 3.76. The lowest BCUT2D eigenvalue weighted by atomic mass is 10.1. The third-order valence-electron chi connectivity index (χ3n) is 2.64. The van der Waals surface area contributed by atoms with Gasteiger partial charge < -0.3 is 4.74 Å². The van der Waals surface area contributed by atoms with Crippen LogP contribution in [0.5, 0.6) is 0 Å². The van der Waals surface area contributed by atoms with Crippen molar-refractivity contribution in [2.75, 3.05) is 6.61 Å². The van der Waals surface area contributed by atoms with Gasteiger partial charge in [0.2, 0.25) is 0 Å². The lowest BCUT2D eigenvalue weighted by Crippen LogP contribution is -2.09. The summed E-state index contributed by atoms with van der Waals surface area (Å²) in [6.07, 6.45) is 9.55. The van der Waals surface area contributed by atoms with E-state index in [2.05, 4.69) is 13.8 Å². The number of esters is 1. The van der Waals surface area contributed by atoms with Crippen molar-refractivity contribution in [1.82, 2.24) is 0 Å². The smallest absolute Gasteiger partial charge is 0.333 e. The van der Waals surface area contributed by atoms with Crippen LogP contribution in [-0.4, -0.2) is 12.6 Å². The summed E-state index contributed by atoms with van der Waals surface area (Å²) >= 11 is 0. The van der Waals surface area contributed by atoms with Gasteiger partial charge in [-0.15, -0.1) is 0 Å². The molecule has 0 aliphatic heterocycles. The summed E-state index contributed by atoms with van der Waals surface area (Å²) in [5.41, 5.74) is 0.840. The van der Waals surface area contributed by atoms with E-state index in [-0.39, 0.29) is 5.97 Å². The summed E-state index contributed by atoms with van der Waals surface area (Å²) in [7, 11) is 0. The van der Waals surface area contributed by atoms with Crippen molar-refractivity contribution in [1.29, 1.82) is 0 Å². The van der Waals surface area contributed by atoms with Crippen molar-refractivity contribution >= 4 is 5.97 Å². The van der Waals surface area contributed by atoms with Gasteiger partial charge in [-0.05, 0) is 26.2 Å². The Morgan fingerprint density at radius 3 is 2.31 bits per heavy atom. The number of allylic oxidation sites excluding steroid dienone is 1. The van der Waals surface area contributed by atoms with Crippen LogP contribution in [0.2, 0.25) is 0 Å². The molecule has 0 aromatic heterocycles. The summed E-state index contributed by atoms with van der Waals surface area (Å²) in [5.74, 6) is -0.118. The van der Waals surface area contributed by atoms with E-state index in [1.165, 1.54) is 19.3 Å². The first kappa shape index (κ1) is 15.2. The van der Waals surface area contributed by atoms with Gasteiger partial charge in [-0.2, -0.15) is 0 Å². The van der Waals surface area contributed by atoms with Crippen LogP contribution in [-0.2, 0) is 9.53 Å². The van der Waals surface area contributed by atoms with Crippen LogP contribution < -0.4 is 0 Å². The zero-order valence-electron chi connectivity index (χ0n) is 11.1. The second kappa shape index (κ2) is 10.7. The lowest BCUT2D eigenvalue weighted by Gasteiger charge is -2.07. The molecule has 0 rings (SSSR count). The molecular weight excluding hydrogens is 200 g/mol. The largest absolute Gasteiger partial charge is 0.462 e. The Morgan fingerprint density at radius 1 is 1.06 bits per heavy atom. The molecule has 0 spiro atoms. The van der Waals surface area contributed by atoms with Crippen molar-refractivity contribution in [3.05, 3.63) is 11.6 Å². The number of rotatable bonds is 9. The summed E-state index contributed by atoms with van der Waals surface area (Å²) in [6, 6.07) is 0. The summed E-state index contributed by atoms with van der Waals surface area (Å²) in [4.78, 5) is 11.6. The normalized spacial score (nSPS) is 11.6. The van der Waals surface area contributed by atoms with E-state index in [1.54, 1.807) is 0 Å². The number of unbranched alkanes of at least 4 members (excludes halogenated alkanes) is 4. The van der Waals surface area contributed by atoms with Crippen molar-refractivity contribution in [3.63, 3.8) is 0 Å². The Bertz CT molecular complexity index is 207. The fraction of sp³-hybridized carbons (Fsp3) is 0.786. The SMILES string of the molecule is CC=C(CCCCCC)C(=O)OCCCC. The fourth-order valence-corrected chi connectivity index (χ4v) is 1.51. The molecule has 0 aliphatic carbocycles. The fourth-order valence-electron chi connectivity index (χ4n) is 1.51. The Morgan fingerprint density at radius 2 is 1.75 bits per heavy atom. The van der Waals surface area contributed by atoms with Crippen molar-refractivity contribution < 1.29 is 9.53 Å². The predicted molar refractivity (Wildman–Crippen MR) is 68.4 cm³/mol. The van der Waals surface area contributed by atoms with Crippen molar-refractivity contribution in [2.24, 2.45) is 0 Å². The highest BCUT2D eigenvalue weighted by Crippen LogP contribution is 2.12. The van der Waals surface area contributed by atoms with E-state index in [4.69, 9.17) is 4.74 Å². The molecule has 0 amide bonds. The molecule has 0 bridgehead atoms. The van der Waals surface area contributed by atoms with Crippen LogP contribution in [0.15, 0.2) is 11.6 Å². The highest BCUT2D eigenvalue weighted by atomic mass is 16.5. The molecule has 0 heterocycles. The van der Waals surface area contributed by atoms with Crippen LogP contribution >= 0.6 is 0 Å². The molecule has 0 aromatic rings. The molecule has 0 saturated carbocycles. The van der Waals surface area contributed by atoms with Gasteiger partial charge in [0.15, 0.2) is 0 Å². The Labute approximate surface area is 100 Å². The molecular formula is C14H26O2. The summed E-state index contributed by atoms with van der Waals surface area (Å²) in [5, 5.41) is 0. The number of ether oxygens (including phenoxy) is 1. The monoisotopic (exact) mass is 226 g/mol. The Kier molecular flexibility index (Phi) is 10.2. The second-order valence-electron chi connectivity index (χ2n) is 4.11. The van der Waals surface area contributed by atoms with Gasteiger partial charge in [-0.3, -0.25) is 0 Å². The number of carbonyl (C=O) groups excluding carboxylic acids is 1. The Hall–Kier alpha value is -0.790. The number of hydrogen-bond acceptors (Lipinski definition) is 2. The minimum absolute atomic E-state index is 0.118. The zero-order chi connectivity index (χ0) is 12.2. The van der Waals surface area contributed by atoms with Gasteiger partial charge in [-0.1, -0.05) is 45.6 Å². The molecule has 0 aliphatic rings. The third kappa shape index (κ3) is 7.49. The summed E-state index contributed by atoms with van der Waals surface area (Å²) in [6.45, 7) is 6.75. The van der Waals surface area contributed by atoms with Gasteiger partial charge in [0.1, 0.15) is 0 Å². The van der Waals surface area contributed by atoms with Gasteiger partial charge in [-0.25, -0.2) is 4.79 Å². The molecule has 0 fully saturated rings. The first-order valence-corrected chi connectivity index (χ1v) is 6.58. The molecule has 0 saturated heterocycles. The predicted octanol–water partition coefficient (Wildman–Crippen LogP) is 4.25. The zero-order valence-corrected chi connectivity index (χ0v) is 11.1. The molecule has 0 unspecified atom stereocenters. The van der Waals surface area contributed by atoms with E-state index >= 15 is 0 Å². The minimum atomic E-state index is -0.118. The molecule has 0 atom stereocenters. The molecule has 2 nitrogen and oxygen atoms in total. The first-order chi connectivity index (χ1) is 7.76. The number of hydrogen-bond donors (Lipinski definition) is 0. The van der Waals surface area contributed by atoms with Crippen molar-refractivity contribution in [3.8, 4) is 0 Å². The first-order valence-electron chi connectivity index (χ1n) is 6.58. The van der Waals surface area contributed by atoms with Gasteiger partial charge in [0.05, 0.1) is 6.61 Å². The summed E-state index contributed by atoms with van der Waals surface area (Å²) < 4.78 is 5.19. The van der Waals surface area contributed by atoms with Gasteiger partial charge >= 0.3 is 5.97 Å². The van der Waals surface area contributed by atoms with Crippen LogP contribution in [0.25, 0.3) is 0 Å². The molecule has 16 heavy (non-hydrogen) atoms. The van der Waals surface area contributed by atoms with Crippen LogP contribution in [0.3, 0.4) is 0 Å². The minimum Gasteiger partial charge on any atom is -0.462 e. The average molecular weight is 226 g/mol. The standard InChI is InChI=1S/C14H26O2/c1-4-7-9-10-11-13(6-3)14(15)16-12-8-5-2/h6H,4-5,7-12H2,1-3H3. The van der Waals surface area contributed by atoms with E-state index < -0.39 is 0 Å². The van der Waals surface area contributed by atoms with E-state index in [1.807, 2.05) is 13.0 Å². The molecule has 0 N–H and O–H groups in total.